The molecule has 0 aliphatic carbocycles. The Morgan fingerprint density at radius 2 is 1.81 bits per heavy atom. The second-order valence-corrected chi connectivity index (χ2v) is 7.43. The van der Waals surface area contributed by atoms with Gasteiger partial charge in [-0.2, -0.15) is 10.1 Å². The maximum absolute atomic E-state index is 4.53. The summed E-state index contributed by atoms with van der Waals surface area (Å²) in [4.78, 5) is 4.53. The van der Waals surface area contributed by atoms with Crippen LogP contribution in [0.5, 0.6) is 0 Å². The third-order valence-electron chi connectivity index (χ3n) is 4.09. The van der Waals surface area contributed by atoms with Crippen molar-refractivity contribution in [2.45, 2.75) is 39.7 Å². The molecule has 1 heterocycles. The Kier molecular flexibility index (Phi) is 5.16. The number of aromatic nitrogens is 3. The van der Waals surface area contributed by atoms with Gasteiger partial charge in [0.15, 0.2) is 5.82 Å². The number of hydrogen-bond acceptors (Lipinski definition) is 5. The van der Waals surface area contributed by atoms with Gasteiger partial charge in [-0.25, -0.2) is 0 Å². The van der Waals surface area contributed by atoms with E-state index in [4.69, 9.17) is 0 Å². The zero-order valence-corrected chi connectivity index (χ0v) is 15.7. The van der Waals surface area contributed by atoms with Crippen LogP contribution in [0.2, 0.25) is 0 Å². The largest absolute Gasteiger partial charge is 0.349 e. The van der Waals surface area contributed by atoms with Gasteiger partial charge in [-0.05, 0) is 29.5 Å². The van der Waals surface area contributed by atoms with E-state index >= 15 is 0 Å². The molecule has 5 nitrogen and oxygen atoms in total. The molecule has 0 amide bonds. The first-order valence-corrected chi connectivity index (χ1v) is 8.77. The van der Waals surface area contributed by atoms with Gasteiger partial charge in [0.1, 0.15) is 0 Å². The first kappa shape index (κ1) is 17.9. The predicted molar refractivity (Wildman–Crippen MR) is 107 cm³/mol. The molecule has 0 unspecified atom stereocenters. The van der Waals surface area contributed by atoms with Crippen LogP contribution in [0, 0.1) is 6.92 Å². The number of hydrogen-bond donors (Lipinski definition) is 2. The molecule has 0 spiro atoms. The molecule has 2 aromatic carbocycles. The number of benzene rings is 2. The van der Waals surface area contributed by atoms with Crippen molar-refractivity contribution in [3.8, 4) is 0 Å². The Morgan fingerprint density at radius 3 is 2.58 bits per heavy atom. The smallest absolute Gasteiger partial charge is 0.244 e. The normalized spacial score (nSPS) is 11.2. The topological polar surface area (TPSA) is 62.7 Å². The van der Waals surface area contributed by atoms with E-state index < -0.39 is 0 Å². The van der Waals surface area contributed by atoms with E-state index in [1.54, 1.807) is 6.20 Å². The Labute approximate surface area is 154 Å². The average Bonchev–Trinajstić information content (AvgIpc) is 2.60. The molecule has 0 aliphatic heterocycles. The molecule has 0 radical (unpaired) electrons. The number of aryl methyl sites for hydroxylation is 1. The molecule has 1 aromatic heterocycles. The van der Waals surface area contributed by atoms with Crippen molar-refractivity contribution >= 4 is 17.5 Å². The number of para-hydroxylation sites is 1. The molecule has 0 fully saturated rings. The highest BCUT2D eigenvalue weighted by molar-refractivity contribution is 5.62. The van der Waals surface area contributed by atoms with Crippen LogP contribution in [-0.2, 0) is 12.0 Å². The second kappa shape index (κ2) is 7.52. The van der Waals surface area contributed by atoms with Crippen LogP contribution >= 0.6 is 0 Å². The minimum atomic E-state index is 0.0380. The van der Waals surface area contributed by atoms with E-state index in [2.05, 4.69) is 89.9 Å². The van der Waals surface area contributed by atoms with E-state index in [1.807, 2.05) is 12.1 Å². The molecule has 0 aliphatic rings. The summed E-state index contributed by atoms with van der Waals surface area (Å²) in [6.07, 6.45) is 1.64. The molecular formula is C21H25N5. The molecular weight excluding hydrogens is 322 g/mol. The zero-order chi connectivity index (χ0) is 18.6. The van der Waals surface area contributed by atoms with Crippen molar-refractivity contribution in [3.05, 3.63) is 71.4 Å². The van der Waals surface area contributed by atoms with E-state index in [0.29, 0.717) is 18.3 Å². The summed E-state index contributed by atoms with van der Waals surface area (Å²) in [5.74, 6) is 1.17. The van der Waals surface area contributed by atoms with E-state index in [9.17, 15) is 0 Å². The summed E-state index contributed by atoms with van der Waals surface area (Å²) in [5, 5.41) is 14.8. The van der Waals surface area contributed by atoms with Crippen LogP contribution in [0.4, 0.5) is 17.5 Å². The molecule has 26 heavy (non-hydrogen) atoms. The first-order valence-electron chi connectivity index (χ1n) is 8.77. The lowest BCUT2D eigenvalue weighted by molar-refractivity contribution is 0.592. The number of nitrogens with zero attached hydrogens (tertiary/aromatic N) is 3. The maximum Gasteiger partial charge on any atom is 0.244 e. The van der Waals surface area contributed by atoms with Crippen LogP contribution in [-0.4, -0.2) is 15.2 Å². The molecule has 0 bridgehead atoms. The molecule has 0 saturated carbocycles. The highest BCUT2D eigenvalue weighted by atomic mass is 15.3. The van der Waals surface area contributed by atoms with Gasteiger partial charge < -0.3 is 10.6 Å². The lowest BCUT2D eigenvalue weighted by Gasteiger charge is -2.23. The third kappa shape index (κ3) is 4.57. The molecule has 3 rings (SSSR count). The zero-order valence-electron chi connectivity index (χ0n) is 15.7. The second-order valence-electron chi connectivity index (χ2n) is 7.43. The fourth-order valence-electron chi connectivity index (χ4n) is 2.83. The van der Waals surface area contributed by atoms with Crippen LogP contribution in [0.1, 0.15) is 37.5 Å². The van der Waals surface area contributed by atoms with Crippen molar-refractivity contribution < 1.29 is 0 Å². The van der Waals surface area contributed by atoms with Crippen molar-refractivity contribution in [1.82, 2.24) is 15.2 Å². The van der Waals surface area contributed by atoms with E-state index in [0.717, 1.165) is 5.69 Å². The third-order valence-corrected chi connectivity index (χ3v) is 4.09. The minimum Gasteiger partial charge on any atom is -0.349 e. The number of rotatable bonds is 5. The fraction of sp³-hybridized carbons (Fsp3) is 0.286. The summed E-state index contributed by atoms with van der Waals surface area (Å²) in [7, 11) is 0. The summed E-state index contributed by atoms with van der Waals surface area (Å²) in [6, 6.07) is 16.6. The standard InChI is InChI=1S/C21H25N5/c1-15-8-7-9-16(12-15)13-22-20-25-19(14-23-26-20)24-18-11-6-5-10-17(18)21(2,3)4/h5-12,14H,13H2,1-4H3,(H2,22,24,25,26). The SMILES string of the molecule is Cc1cccc(CNc2nncc(Nc3ccccc3C(C)(C)C)n2)c1. The Balaban J connectivity index is 1.74. The van der Waals surface area contributed by atoms with Crippen molar-refractivity contribution in [2.24, 2.45) is 0 Å². The van der Waals surface area contributed by atoms with Crippen LogP contribution < -0.4 is 10.6 Å². The Bertz CT molecular complexity index is 883. The monoisotopic (exact) mass is 347 g/mol. The van der Waals surface area contributed by atoms with E-state index in [1.165, 1.54) is 16.7 Å². The van der Waals surface area contributed by atoms with Crippen molar-refractivity contribution in [2.75, 3.05) is 10.6 Å². The minimum absolute atomic E-state index is 0.0380. The van der Waals surface area contributed by atoms with Gasteiger partial charge >= 0.3 is 0 Å². The average molecular weight is 347 g/mol. The molecule has 0 atom stereocenters. The Hall–Kier alpha value is -2.95. The molecule has 3 aromatic rings. The maximum atomic E-state index is 4.53. The lowest BCUT2D eigenvalue weighted by atomic mass is 9.86. The van der Waals surface area contributed by atoms with Crippen LogP contribution in [0.25, 0.3) is 0 Å². The molecule has 134 valence electrons. The quantitative estimate of drug-likeness (QED) is 0.692. The summed E-state index contributed by atoms with van der Waals surface area (Å²) in [6.45, 7) is 9.33. The highest BCUT2D eigenvalue weighted by Gasteiger charge is 2.17. The molecule has 0 saturated heterocycles. The Morgan fingerprint density at radius 1 is 1.00 bits per heavy atom. The van der Waals surface area contributed by atoms with Crippen LogP contribution in [0.3, 0.4) is 0 Å². The van der Waals surface area contributed by atoms with Gasteiger partial charge in [-0.15, -0.1) is 5.10 Å². The summed E-state index contributed by atoms with van der Waals surface area (Å²) in [5.41, 5.74) is 4.72. The summed E-state index contributed by atoms with van der Waals surface area (Å²) >= 11 is 0. The van der Waals surface area contributed by atoms with Crippen molar-refractivity contribution in [1.29, 1.82) is 0 Å². The van der Waals surface area contributed by atoms with Crippen LogP contribution in [0.15, 0.2) is 54.7 Å². The number of nitrogens with one attached hydrogen (secondary N) is 2. The van der Waals surface area contributed by atoms with Gasteiger partial charge in [-0.3, -0.25) is 0 Å². The number of anilines is 3. The van der Waals surface area contributed by atoms with Gasteiger partial charge in [0.2, 0.25) is 5.95 Å². The molecule has 5 heteroatoms. The fourth-order valence-corrected chi connectivity index (χ4v) is 2.83. The van der Waals surface area contributed by atoms with Gasteiger partial charge in [0.25, 0.3) is 0 Å². The highest BCUT2D eigenvalue weighted by Crippen LogP contribution is 2.30. The molecule has 2 N–H and O–H groups in total. The predicted octanol–water partition coefficient (Wildman–Crippen LogP) is 4.83. The first-order chi connectivity index (χ1) is 12.4. The van der Waals surface area contributed by atoms with Gasteiger partial charge in [0.05, 0.1) is 6.20 Å². The van der Waals surface area contributed by atoms with Gasteiger partial charge in [-0.1, -0.05) is 68.8 Å². The van der Waals surface area contributed by atoms with E-state index in [-0.39, 0.29) is 5.41 Å². The summed E-state index contributed by atoms with van der Waals surface area (Å²) < 4.78 is 0. The van der Waals surface area contributed by atoms with Crippen molar-refractivity contribution in [3.63, 3.8) is 0 Å². The lowest BCUT2D eigenvalue weighted by Crippen LogP contribution is -2.14. The van der Waals surface area contributed by atoms with Gasteiger partial charge in [0, 0.05) is 12.2 Å².